The molecule has 0 saturated heterocycles. The van der Waals surface area contributed by atoms with E-state index in [9.17, 15) is 4.79 Å². The van der Waals surface area contributed by atoms with Crippen LogP contribution in [0.2, 0.25) is 0 Å². The lowest BCUT2D eigenvalue weighted by Gasteiger charge is -2.29. The molecule has 0 radical (unpaired) electrons. The Bertz CT molecular complexity index is 169. The molecule has 0 aromatic rings. The van der Waals surface area contributed by atoms with E-state index < -0.39 is 5.97 Å². The van der Waals surface area contributed by atoms with Crippen molar-refractivity contribution in [3.63, 3.8) is 0 Å². The molecule has 0 spiro atoms. The van der Waals surface area contributed by atoms with E-state index in [-0.39, 0.29) is 5.92 Å². The van der Waals surface area contributed by atoms with Gasteiger partial charge in [-0.25, -0.2) is 0 Å². The molecule has 2 heteroatoms. The second-order valence-corrected chi connectivity index (χ2v) is 4.32. The summed E-state index contributed by atoms with van der Waals surface area (Å²) in [6, 6.07) is 0. The Kier molecular flexibility index (Phi) is 3.76. The lowest BCUT2D eigenvalue weighted by Crippen LogP contribution is -2.25. The highest BCUT2D eigenvalue weighted by Gasteiger charge is 2.27. The van der Waals surface area contributed by atoms with Crippen molar-refractivity contribution in [1.29, 1.82) is 0 Å². The van der Waals surface area contributed by atoms with E-state index in [2.05, 4.69) is 6.92 Å². The van der Waals surface area contributed by atoms with E-state index in [0.717, 1.165) is 18.8 Å². The Morgan fingerprint density at radius 3 is 2.31 bits per heavy atom. The van der Waals surface area contributed by atoms with Gasteiger partial charge in [-0.05, 0) is 24.7 Å². The molecule has 76 valence electrons. The third-order valence-corrected chi connectivity index (χ3v) is 3.57. The first-order valence-corrected chi connectivity index (χ1v) is 5.38. The van der Waals surface area contributed by atoms with Crippen molar-refractivity contribution in [3.8, 4) is 0 Å². The zero-order valence-electron chi connectivity index (χ0n) is 8.62. The third-order valence-electron chi connectivity index (χ3n) is 3.57. The van der Waals surface area contributed by atoms with Crippen molar-refractivity contribution < 1.29 is 9.90 Å². The van der Waals surface area contributed by atoms with E-state index in [1.165, 1.54) is 19.3 Å². The van der Waals surface area contributed by atoms with Crippen LogP contribution in [0.15, 0.2) is 0 Å². The Labute approximate surface area is 80.3 Å². The van der Waals surface area contributed by atoms with Gasteiger partial charge in [0.1, 0.15) is 0 Å². The van der Waals surface area contributed by atoms with Crippen molar-refractivity contribution in [2.75, 3.05) is 0 Å². The van der Waals surface area contributed by atoms with Crippen LogP contribution in [-0.2, 0) is 4.79 Å². The number of hydrogen-bond acceptors (Lipinski definition) is 1. The third kappa shape index (κ3) is 2.71. The molecule has 1 unspecified atom stereocenters. The van der Waals surface area contributed by atoms with E-state index in [4.69, 9.17) is 5.11 Å². The maximum absolute atomic E-state index is 10.7. The first-order chi connectivity index (χ1) is 6.15. The first kappa shape index (κ1) is 10.6. The van der Waals surface area contributed by atoms with Gasteiger partial charge >= 0.3 is 5.97 Å². The minimum Gasteiger partial charge on any atom is -0.481 e. The molecule has 0 aromatic carbocycles. The molecule has 1 atom stereocenters. The number of carboxylic acid groups (broad SMARTS) is 1. The topological polar surface area (TPSA) is 37.3 Å². The monoisotopic (exact) mass is 184 g/mol. The zero-order valence-corrected chi connectivity index (χ0v) is 8.62. The van der Waals surface area contributed by atoms with Gasteiger partial charge in [-0.2, -0.15) is 0 Å². The predicted molar refractivity (Wildman–Crippen MR) is 52.5 cm³/mol. The van der Waals surface area contributed by atoms with Crippen molar-refractivity contribution in [2.24, 2.45) is 17.8 Å². The average molecular weight is 184 g/mol. The van der Waals surface area contributed by atoms with Crippen molar-refractivity contribution in [1.82, 2.24) is 0 Å². The number of hydrogen-bond donors (Lipinski definition) is 1. The lowest BCUT2D eigenvalue weighted by atomic mass is 9.76. The molecule has 0 aromatic heterocycles. The minimum atomic E-state index is -0.625. The van der Waals surface area contributed by atoms with E-state index in [0.29, 0.717) is 5.92 Å². The van der Waals surface area contributed by atoms with Gasteiger partial charge in [0.2, 0.25) is 0 Å². The molecule has 1 aliphatic carbocycles. The molecular formula is C11H20O2. The molecule has 1 saturated carbocycles. The molecule has 1 N–H and O–H groups in total. The highest BCUT2D eigenvalue weighted by atomic mass is 16.4. The fourth-order valence-electron chi connectivity index (χ4n) is 2.30. The Balaban J connectivity index is 2.36. The summed E-state index contributed by atoms with van der Waals surface area (Å²) in [6.45, 7) is 4.07. The van der Waals surface area contributed by atoms with Gasteiger partial charge in [0.25, 0.3) is 0 Å². The summed E-state index contributed by atoms with van der Waals surface area (Å²) in [7, 11) is 0. The van der Waals surface area contributed by atoms with Gasteiger partial charge in [-0.3, -0.25) is 4.79 Å². The van der Waals surface area contributed by atoms with Crippen LogP contribution >= 0.6 is 0 Å². The number of aliphatic carboxylic acids is 1. The fraction of sp³-hybridized carbons (Fsp3) is 0.909. The molecule has 1 aliphatic rings. The van der Waals surface area contributed by atoms with Gasteiger partial charge in [-0.1, -0.05) is 33.1 Å². The minimum absolute atomic E-state index is 0.141. The average Bonchev–Trinajstić information content (AvgIpc) is 2.17. The van der Waals surface area contributed by atoms with Gasteiger partial charge in [0.05, 0.1) is 5.92 Å². The van der Waals surface area contributed by atoms with Gasteiger partial charge in [0, 0.05) is 0 Å². The fourth-order valence-corrected chi connectivity index (χ4v) is 2.30. The van der Waals surface area contributed by atoms with Gasteiger partial charge in [0.15, 0.2) is 0 Å². The maximum atomic E-state index is 10.7. The quantitative estimate of drug-likeness (QED) is 0.732. The second kappa shape index (κ2) is 4.64. The highest BCUT2D eigenvalue weighted by molar-refractivity contribution is 5.69. The Morgan fingerprint density at radius 2 is 1.92 bits per heavy atom. The standard InChI is InChI=1S/C11H20O2/c1-3-9-4-6-10(7-5-9)8(2)11(12)13/h8-10H,3-7H2,1-2H3,(H,12,13). The van der Waals surface area contributed by atoms with Crippen molar-refractivity contribution in [2.45, 2.75) is 46.0 Å². The normalized spacial score (nSPS) is 31.2. The SMILES string of the molecule is CCC1CCC(C(C)C(=O)O)CC1. The number of carbonyl (C=O) groups is 1. The van der Waals surface area contributed by atoms with Crippen LogP contribution < -0.4 is 0 Å². The van der Waals surface area contributed by atoms with Crippen LogP contribution in [0.3, 0.4) is 0 Å². The van der Waals surface area contributed by atoms with Crippen LogP contribution in [0.1, 0.15) is 46.0 Å². The molecule has 0 amide bonds. The molecule has 1 fully saturated rings. The summed E-state index contributed by atoms with van der Waals surface area (Å²) in [5.74, 6) is 0.523. The largest absolute Gasteiger partial charge is 0.481 e. The number of carboxylic acids is 1. The molecule has 0 aliphatic heterocycles. The van der Waals surface area contributed by atoms with Crippen LogP contribution in [0.25, 0.3) is 0 Å². The number of rotatable bonds is 3. The second-order valence-electron chi connectivity index (χ2n) is 4.32. The van der Waals surface area contributed by atoms with Crippen molar-refractivity contribution in [3.05, 3.63) is 0 Å². The molecule has 0 heterocycles. The van der Waals surface area contributed by atoms with E-state index >= 15 is 0 Å². The molecule has 13 heavy (non-hydrogen) atoms. The summed E-state index contributed by atoms with van der Waals surface area (Å²) >= 11 is 0. The summed E-state index contributed by atoms with van der Waals surface area (Å²) < 4.78 is 0. The lowest BCUT2D eigenvalue weighted by molar-refractivity contribution is -0.143. The first-order valence-electron chi connectivity index (χ1n) is 5.38. The summed E-state index contributed by atoms with van der Waals surface area (Å²) in [5.41, 5.74) is 0. The van der Waals surface area contributed by atoms with E-state index in [1.807, 2.05) is 6.92 Å². The maximum Gasteiger partial charge on any atom is 0.306 e. The predicted octanol–water partition coefficient (Wildman–Crippen LogP) is 2.92. The molecule has 0 bridgehead atoms. The molecular weight excluding hydrogens is 164 g/mol. The van der Waals surface area contributed by atoms with Crippen LogP contribution in [0, 0.1) is 17.8 Å². The Morgan fingerprint density at radius 1 is 1.38 bits per heavy atom. The Hall–Kier alpha value is -0.530. The smallest absolute Gasteiger partial charge is 0.306 e. The summed E-state index contributed by atoms with van der Waals surface area (Å²) in [5, 5.41) is 8.86. The van der Waals surface area contributed by atoms with Gasteiger partial charge in [-0.15, -0.1) is 0 Å². The summed E-state index contributed by atoms with van der Waals surface area (Å²) in [6.07, 6.45) is 5.96. The molecule has 1 rings (SSSR count). The van der Waals surface area contributed by atoms with Crippen LogP contribution in [-0.4, -0.2) is 11.1 Å². The summed E-state index contributed by atoms with van der Waals surface area (Å²) in [4.78, 5) is 10.7. The van der Waals surface area contributed by atoms with Crippen LogP contribution in [0.4, 0.5) is 0 Å². The van der Waals surface area contributed by atoms with E-state index in [1.54, 1.807) is 0 Å². The van der Waals surface area contributed by atoms with Gasteiger partial charge < -0.3 is 5.11 Å². The van der Waals surface area contributed by atoms with Crippen molar-refractivity contribution >= 4 is 5.97 Å². The zero-order chi connectivity index (χ0) is 9.84. The molecule has 2 nitrogen and oxygen atoms in total. The highest BCUT2D eigenvalue weighted by Crippen LogP contribution is 2.34. The van der Waals surface area contributed by atoms with Crippen LogP contribution in [0.5, 0.6) is 0 Å².